The summed E-state index contributed by atoms with van der Waals surface area (Å²) in [5.74, 6) is 0. The lowest BCUT2D eigenvalue weighted by atomic mass is 10.0. The Morgan fingerprint density at radius 1 is 1.20 bits per heavy atom. The van der Waals surface area contributed by atoms with Crippen LogP contribution < -0.4 is 5.32 Å². The van der Waals surface area contributed by atoms with Gasteiger partial charge in [-0.05, 0) is 37.1 Å². The van der Waals surface area contributed by atoms with Gasteiger partial charge in [0.2, 0.25) is 0 Å². The molecule has 1 aromatic rings. The van der Waals surface area contributed by atoms with Gasteiger partial charge in [-0.2, -0.15) is 0 Å². The molecule has 1 aromatic carbocycles. The van der Waals surface area contributed by atoms with Gasteiger partial charge < -0.3 is 5.32 Å². The average molecular weight is 270 g/mol. The number of likely N-dealkylation sites (N-methyl/N-ethyl adjacent to an activating group) is 1. The number of hydrogen-bond acceptors (Lipinski definition) is 1. The Bertz CT molecular complexity index is 262. The van der Waals surface area contributed by atoms with Gasteiger partial charge in [-0.25, -0.2) is 0 Å². The number of halogens is 1. The molecule has 1 unspecified atom stereocenters. The minimum absolute atomic E-state index is 0.626. The summed E-state index contributed by atoms with van der Waals surface area (Å²) in [6.45, 7) is 5.47. The number of hydrogen-bond donors (Lipinski definition) is 1. The molecule has 1 rings (SSSR count). The quantitative estimate of drug-likeness (QED) is 0.829. The highest BCUT2D eigenvalue weighted by atomic mass is 79.9. The summed E-state index contributed by atoms with van der Waals surface area (Å²) in [4.78, 5) is 0. The summed E-state index contributed by atoms with van der Waals surface area (Å²) in [6, 6.07) is 9.25. The van der Waals surface area contributed by atoms with Gasteiger partial charge in [0.25, 0.3) is 0 Å². The molecule has 0 aliphatic rings. The highest BCUT2D eigenvalue weighted by Crippen LogP contribution is 2.13. The van der Waals surface area contributed by atoms with Gasteiger partial charge in [-0.3, -0.25) is 0 Å². The maximum absolute atomic E-state index is 3.53. The summed E-state index contributed by atoms with van der Waals surface area (Å²) in [7, 11) is 0. The number of benzene rings is 1. The van der Waals surface area contributed by atoms with Crippen LogP contribution in [0.2, 0.25) is 0 Å². The third-order valence-corrected chi connectivity index (χ3v) is 3.05. The van der Waals surface area contributed by atoms with Crippen LogP contribution in [-0.2, 0) is 6.42 Å². The molecule has 0 amide bonds. The van der Waals surface area contributed by atoms with Crippen molar-refractivity contribution in [3.8, 4) is 0 Å². The fraction of sp³-hybridized carbons (Fsp3) is 0.538. The van der Waals surface area contributed by atoms with Crippen molar-refractivity contribution in [1.29, 1.82) is 0 Å². The van der Waals surface area contributed by atoms with E-state index >= 15 is 0 Å². The van der Waals surface area contributed by atoms with E-state index in [1.807, 2.05) is 0 Å². The van der Waals surface area contributed by atoms with Crippen molar-refractivity contribution in [1.82, 2.24) is 5.32 Å². The van der Waals surface area contributed by atoms with E-state index < -0.39 is 0 Å². The van der Waals surface area contributed by atoms with Gasteiger partial charge >= 0.3 is 0 Å². The molecule has 84 valence electrons. The Hall–Kier alpha value is -0.340. The van der Waals surface area contributed by atoms with Crippen LogP contribution in [0.1, 0.15) is 32.3 Å². The summed E-state index contributed by atoms with van der Waals surface area (Å²) < 4.78 is 1.15. The topological polar surface area (TPSA) is 12.0 Å². The van der Waals surface area contributed by atoms with E-state index in [4.69, 9.17) is 0 Å². The molecule has 0 radical (unpaired) electrons. The van der Waals surface area contributed by atoms with E-state index in [2.05, 4.69) is 59.4 Å². The van der Waals surface area contributed by atoms with Crippen LogP contribution in [0.4, 0.5) is 0 Å². The van der Waals surface area contributed by atoms with Gasteiger partial charge in [0.05, 0.1) is 0 Å². The zero-order chi connectivity index (χ0) is 11.1. The molecule has 1 nitrogen and oxygen atoms in total. The van der Waals surface area contributed by atoms with Gasteiger partial charge in [0.15, 0.2) is 0 Å². The van der Waals surface area contributed by atoms with Crippen LogP contribution in [0.15, 0.2) is 28.7 Å². The zero-order valence-electron chi connectivity index (χ0n) is 9.59. The third kappa shape index (κ3) is 4.80. The summed E-state index contributed by atoms with van der Waals surface area (Å²) in [5, 5.41) is 3.53. The van der Waals surface area contributed by atoms with Crippen LogP contribution in [-0.4, -0.2) is 12.6 Å². The Labute approximate surface area is 101 Å². The van der Waals surface area contributed by atoms with Crippen LogP contribution in [0.5, 0.6) is 0 Å². The Balaban J connectivity index is 2.53. The molecule has 0 spiro atoms. The Morgan fingerprint density at radius 3 is 2.40 bits per heavy atom. The van der Waals surface area contributed by atoms with Gasteiger partial charge in [-0.1, -0.05) is 48.3 Å². The maximum Gasteiger partial charge on any atom is 0.0175 e. The van der Waals surface area contributed by atoms with Crippen molar-refractivity contribution < 1.29 is 0 Å². The molecule has 0 bridgehead atoms. The first kappa shape index (κ1) is 12.7. The van der Waals surface area contributed by atoms with E-state index in [0.717, 1.165) is 17.4 Å². The monoisotopic (exact) mass is 269 g/mol. The molecule has 0 aliphatic carbocycles. The smallest absolute Gasteiger partial charge is 0.0175 e. The highest BCUT2D eigenvalue weighted by molar-refractivity contribution is 9.10. The lowest BCUT2D eigenvalue weighted by molar-refractivity contribution is 0.486. The molecule has 0 saturated carbocycles. The minimum atomic E-state index is 0.626. The van der Waals surface area contributed by atoms with Gasteiger partial charge in [0, 0.05) is 10.5 Å². The van der Waals surface area contributed by atoms with Crippen molar-refractivity contribution in [3.63, 3.8) is 0 Å². The first-order valence-electron chi connectivity index (χ1n) is 5.74. The summed E-state index contributed by atoms with van der Waals surface area (Å²) in [5.41, 5.74) is 1.41. The largest absolute Gasteiger partial charge is 0.314 e. The van der Waals surface area contributed by atoms with E-state index in [0.29, 0.717) is 6.04 Å². The predicted octanol–water partition coefficient (Wildman–Crippen LogP) is 3.77. The molecule has 0 aromatic heterocycles. The fourth-order valence-corrected chi connectivity index (χ4v) is 2.08. The second-order valence-electron chi connectivity index (χ2n) is 3.87. The molecular formula is C13H20BrN. The molecule has 0 fully saturated rings. The van der Waals surface area contributed by atoms with Crippen LogP contribution in [0.3, 0.4) is 0 Å². The second kappa shape index (κ2) is 7.02. The second-order valence-corrected chi connectivity index (χ2v) is 4.79. The standard InChI is InChI=1S/C13H20BrN/c1-3-5-13(15-4-2)10-11-6-8-12(14)9-7-11/h6-9,13,15H,3-5,10H2,1-2H3. The average Bonchev–Trinajstić information content (AvgIpc) is 2.22. The molecular weight excluding hydrogens is 250 g/mol. The van der Waals surface area contributed by atoms with Gasteiger partial charge in [0.1, 0.15) is 0 Å². The first-order valence-corrected chi connectivity index (χ1v) is 6.53. The highest BCUT2D eigenvalue weighted by Gasteiger charge is 2.06. The minimum Gasteiger partial charge on any atom is -0.314 e. The van der Waals surface area contributed by atoms with Crippen molar-refractivity contribution in [2.75, 3.05) is 6.54 Å². The van der Waals surface area contributed by atoms with Crippen molar-refractivity contribution >= 4 is 15.9 Å². The Kier molecular flexibility index (Phi) is 5.96. The van der Waals surface area contributed by atoms with Crippen molar-refractivity contribution in [2.45, 2.75) is 39.2 Å². The molecule has 2 heteroatoms. The van der Waals surface area contributed by atoms with Crippen LogP contribution >= 0.6 is 15.9 Å². The van der Waals surface area contributed by atoms with Crippen molar-refractivity contribution in [3.05, 3.63) is 34.3 Å². The molecule has 0 aliphatic heterocycles. The molecule has 1 N–H and O–H groups in total. The number of nitrogens with one attached hydrogen (secondary N) is 1. The van der Waals surface area contributed by atoms with E-state index in [9.17, 15) is 0 Å². The number of rotatable bonds is 6. The third-order valence-electron chi connectivity index (χ3n) is 2.53. The van der Waals surface area contributed by atoms with E-state index in [1.165, 1.54) is 18.4 Å². The SMILES string of the molecule is CCCC(Cc1ccc(Br)cc1)NCC. The summed E-state index contributed by atoms with van der Waals surface area (Å²) in [6.07, 6.45) is 3.63. The maximum atomic E-state index is 3.53. The molecule has 0 saturated heterocycles. The van der Waals surface area contributed by atoms with E-state index in [-0.39, 0.29) is 0 Å². The van der Waals surface area contributed by atoms with E-state index in [1.54, 1.807) is 0 Å². The fourth-order valence-electron chi connectivity index (χ4n) is 1.82. The molecule has 15 heavy (non-hydrogen) atoms. The molecule has 0 heterocycles. The van der Waals surface area contributed by atoms with Crippen molar-refractivity contribution in [2.24, 2.45) is 0 Å². The first-order chi connectivity index (χ1) is 7.26. The zero-order valence-corrected chi connectivity index (χ0v) is 11.2. The summed E-state index contributed by atoms with van der Waals surface area (Å²) >= 11 is 3.46. The predicted molar refractivity (Wildman–Crippen MR) is 70.2 cm³/mol. The lowest BCUT2D eigenvalue weighted by Crippen LogP contribution is -2.30. The Morgan fingerprint density at radius 2 is 1.87 bits per heavy atom. The lowest BCUT2D eigenvalue weighted by Gasteiger charge is -2.17. The van der Waals surface area contributed by atoms with Crippen LogP contribution in [0.25, 0.3) is 0 Å². The van der Waals surface area contributed by atoms with Gasteiger partial charge in [-0.15, -0.1) is 0 Å². The van der Waals surface area contributed by atoms with Crippen LogP contribution in [0, 0.1) is 0 Å². The molecule has 1 atom stereocenters. The normalized spacial score (nSPS) is 12.7.